The first-order chi connectivity index (χ1) is 8.43. The summed E-state index contributed by atoms with van der Waals surface area (Å²) in [7, 11) is 2.09. The minimum Gasteiger partial charge on any atom is -0.465 e. The molecule has 0 aliphatic rings. The molecule has 0 fully saturated rings. The molecule has 4 nitrogen and oxygen atoms in total. The molecule has 114 valence electrons. The molecule has 2 N–H and O–H groups in total. The molecule has 0 aromatic rings. The highest BCUT2D eigenvalue weighted by molar-refractivity contribution is 5.80. The highest BCUT2D eigenvalue weighted by Crippen LogP contribution is 2.26. The zero-order valence-electron chi connectivity index (χ0n) is 13.9. The lowest BCUT2D eigenvalue weighted by atomic mass is 9.85. The van der Waals surface area contributed by atoms with Crippen LogP contribution in [0.5, 0.6) is 0 Å². The zero-order chi connectivity index (χ0) is 15.4. The molecular weight excluding hydrogens is 240 g/mol. The summed E-state index contributed by atoms with van der Waals surface area (Å²) >= 11 is 0. The molecule has 0 aliphatic heterocycles. The van der Waals surface area contributed by atoms with E-state index in [1.165, 1.54) is 0 Å². The molecule has 0 spiro atoms. The number of nitrogens with two attached hydrogens (primary N) is 1. The van der Waals surface area contributed by atoms with Crippen molar-refractivity contribution in [1.29, 1.82) is 0 Å². The van der Waals surface area contributed by atoms with Crippen LogP contribution in [0.3, 0.4) is 0 Å². The number of hydrogen-bond donors (Lipinski definition) is 1. The topological polar surface area (TPSA) is 55.6 Å². The van der Waals surface area contributed by atoms with Gasteiger partial charge in [-0.15, -0.1) is 0 Å². The highest BCUT2D eigenvalue weighted by Gasteiger charge is 2.35. The summed E-state index contributed by atoms with van der Waals surface area (Å²) in [5.41, 5.74) is 5.36. The predicted molar refractivity (Wildman–Crippen MR) is 80.0 cm³/mol. The molecular formula is C15H32N2O2. The Hall–Kier alpha value is -0.610. The molecule has 0 heterocycles. The summed E-state index contributed by atoms with van der Waals surface area (Å²) in [5.74, 6) is -0.321. The van der Waals surface area contributed by atoms with Gasteiger partial charge in [-0.25, -0.2) is 0 Å². The van der Waals surface area contributed by atoms with Crippen molar-refractivity contribution in [2.24, 2.45) is 11.1 Å². The van der Waals surface area contributed by atoms with Crippen LogP contribution in [0.1, 0.15) is 54.9 Å². The third-order valence-electron chi connectivity index (χ3n) is 4.02. The van der Waals surface area contributed by atoms with Crippen molar-refractivity contribution in [1.82, 2.24) is 4.90 Å². The van der Waals surface area contributed by atoms with Gasteiger partial charge in [0.1, 0.15) is 5.54 Å². The number of carbonyl (C=O) groups excluding carboxylic acids is 1. The second kappa shape index (κ2) is 6.71. The van der Waals surface area contributed by atoms with Gasteiger partial charge in [-0.1, -0.05) is 20.8 Å². The maximum Gasteiger partial charge on any atom is 0.325 e. The van der Waals surface area contributed by atoms with Crippen LogP contribution >= 0.6 is 0 Å². The SMILES string of the molecule is CCOC(=O)C(C)(N)CC(C)N(C)C(C)C(C)(C)C. The van der Waals surface area contributed by atoms with Gasteiger partial charge in [0.15, 0.2) is 0 Å². The molecule has 0 saturated heterocycles. The monoisotopic (exact) mass is 272 g/mol. The van der Waals surface area contributed by atoms with Gasteiger partial charge in [0.05, 0.1) is 6.61 Å². The fraction of sp³-hybridized carbons (Fsp3) is 0.933. The van der Waals surface area contributed by atoms with Crippen LogP contribution in [0.4, 0.5) is 0 Å². The van der Waals surface area contributed by atoms with Gasteiger partial charge in [0, 0.05) is 12.1 Å². The number of ether oxygens (including phenoxy) is 1. The number of hydrogen-bond acceptors (Lipinski definition) is 4. The highest BCUT2D eigenvalue weighted by atomic mass is 16.5. The smallest absolute Gasteiger partial charge is 0.325 e. The van der Waals surface area contributed by atoms with Gasteiger partial charge in [0.25, 0.3) is 0 Å². The minimum absolute atomic E-state index is 0.192. The molecule has 0 amide bonds. The maximum atomic E-state index is 11.8. The minimum atomic E-state index is -0.929. The van der Waals surface area contributed by atoms with Crippen molar-refractivity contribution < 1.29 is 9.53 Å². The van der Waals surface area contributed by atoms with Gasteiger partial charge in [-0.2, -0.15) is 0 Å². The van der Waals surface area contributed by atoms with Crippen LogP contribution in [-0.2, 0) is 9.53 Å². The van der Waals surface area contributed by atoms with E-state index in [0.717, 1.165) is 0 Å². The maximum absolute atomic E-state index is 11.8. The molecule has 0 aromatic heterocycles. The molecule has 0 radical (unpaired) electrons. The Morgan fingerprint density at radius 3 is 2.11 bits per heavy atom. The fourth-order valence-corrected chi connectivity index (χ4v) is 2.13. The summed E-state index contributed by atoms with van der Waals surface area (Å²) < 4.78 is 5.03. The average Bonchev–Trinajstić information content (AvgIpc) is 2.25. The van der Waals surface area contributed by atoms with E-state index in [0.29, 0.717) is 19.1 Å². The number of rotatable bonds is 6. The Morgan fingerprint density at radius 2 is 1.74 bits per heavy atom. The number of esters is 1. The van der Waals surface area contributed by atoms with Crippen molar-refractivity contribution in [3.05, 3.63) is 0 Å². The molecule has 0 aliphatic carbocycles. The second-order valence-electron chi connectivity index (χ2n) is 6.90. The number of nitrogens with zero attached hydrogens (tertiary/aromatic N) is 1. The van der Waals surface area contributed by atoms with Crippen LogP contribution in [0, 0.1) is 5.41 Å². The summed E-state index contributed by atoms with van der Waals surface area (Å²) in [4.78, 5) is 14.1. The van der Waals surface area contributed by atoms with Crippen molar-refractivity contribution in [3.8, 4) is 0 Å². The van der Waals surface area contributed by atoms with Crippen molar-refractivity contribution in [2.75, 3.05) is 13.7 Å². The lowest BCUT2D eigenvalue weighted by Gasteiger charge is -2.40. The van der Waals surface area contributed by atoms with Gasteiger partial charge in [-0.3, -0.25) is 4.79 Å². The van der Waals surface area contributed by atoms with Crippen LogP contribution < -0.4 is 5.73 Å². The summed E-state index contributed by atoms with van der Waals surface area (Å²) in [5, 5.41) is 0. The van der Waals surface area contributed by atoms with Gasteiger partial charge >= 0.3 is 5.97 Å². The first-order valence-electron chi connectivity index (χ1n) is 7.11. The second-order valence-corrected chi connectivity index (χ2v) is 6.90. The van der Waals surface area contributed by atoms with E-state index in [1.54, 1.807) is 13.8 Å². The quantitative estimate of drug-likeness (QED) is 0.754. The molecule has 4 heteroatoms. The fourth-order valence-electron chi connectivity index (χ4n) is 2.13. The number of carbonyl (C=O) groups is 1. The average molecular weight is 272 g/mol. The van der Waals surface area contributed by atoms with Crippen LogP contribution in [0.25, 0.3) is 0 Å². The summed E-state index contributed by atoms with van der Waals surface area (Å²) in [6.45, 7) is 14.9. The standard InChI is InChI=1S/C15H32N2O2/c1-9-19-13(18)15(7,16)10-11(2)17(8)12(3)14(4,5)6/h11-12H,9-10,16H2,1-8H3. The van der Waals surface area contributed by atoms with Crippen LogP contribution in [0.2, 0.25) is 0 Å². The Labute approximate surface area is 118 Å². The summed E-state index contributed by atoms with van der Waals surface area (Å²) in [6.07, 6.45) is 0.586. The third-order valence-corrected chi connectivity index (χ3v) is 4.02. The molecule has 0 rings (SSSR count). The first kappa shape index (κ1) is 18.4. The van der Waals surface area contributed by atoms with Crippen LogP contribution in [0.15, 0.2) is 0 Å². The summed E-state index contributed by atoms with van der Waals surface area (Å²) in [6, 6.07) is 0.620. The Kier molecular flexibility index (Phi) is 6.49. The molecule has 0 saturated carbocycles. The van der Waals surface area contributed by atoms with Crippen molar-refractivity contribution >= 4 is 5.97 Å². The third kappa shape index (κ3) is 5.49. The van der Waals surface area contributed by atoms with Crippen molar-refractivity contribution in [3.63, 3.8) is 0 Å². The van der Waals surface area contributed by atoms with Gasteiger partial charge in [0.2, 0.25) is 0 Å². The Bertz CT molecular complexity index is 295. The lowest BCUT2D eigenvalue weighted by Crippen LogP contribution is -2.53. The first-order valence-corrected chi connectivity index (χ1v) is 7.11. The molecule has 19 heavy (non-hydrogen) atoms. The predicted octanol–water partition coefficient (Wildman–Crippen LogP) is 2.41. The van der Waals surface area contributed by atoms with E-state index in [-0.39, 0.29) is 17.4 Å². The molecule has 0 bridgehead atoms. The lowest BCUT2D eigenvalue weighted by molar-refractivity contribution is -0.149. The van der Waals surface area contributed by atoms with Gasteiger partial charge in [-0.05, 0) is 46.6 Å². The van der Waals surface area contributed by atoms with E-state index in [1.807, 2.05) is 0 Å². The molecule has 3 atom stereocenters. The zero-order valence-corrected chi connectivity index (χ0v) is 13.9. The van der Waals surface area contributed by atoms with Crippen LogP contribution in [-0.4, -0.2) is 42.1 Å². The van der Waals surface area contributed by atoms with Crippen molar-refractivity contribution in [2.45, 2.75) is 72.5 Å². The van der Waals surface area contributed by atoms with Gasteiger partial charge < -0.3 is 15.4 Å². The van der Waals surface area contributed by atoms with E-state index in [4.69, 9.17) is 10.5 Å². The largest absolute Gasteiger partial charge is 0.465 e. The molecule has 0 aromatic carbocycles. The van der Waals surface area contributed by atoms with E-state index in [9.17, 15) is 4.79 Å². The normalized spacial score (nSPS) is 18.8. The molecule has 3 unspecified atom stereocenters. The Balaban J connectivity index is 4.68. The van der Waals surface area contributed by atoms with E-state index >= 15 is 0 Å². The Morgan fingerprint density at radius 1 is 1.26 bits per heavy atom. The van der Waals surface area contributed by atoms with E-state index < -0.39 is 5.54 Å². The van der Waals surface area contributed by atoms with E-state index in [2.05, 4.69) is 46.6 Å².